The standard InChI is InChI=1S/C17H14F4N2O3S/c1-27(24,25)12-3-2-11(13-14(12)16(23)17(20,21)15(13)19)26-10-5-8(7-22)4-9(18)6-10/h2-7,15-16,22H,23H2,1H3. The number of hydrogen-bond donors (Lipinski definition) is 2. The van der Waals surface area contributed by atoms with Gasteiger partial charge >= 0.3 is 5.92 Å². The van der Waals surface area contributed by atoms with Gasteiger partial charge < -0.3 is 15.9 Å². The summed E-state index contributed by atoms with van der Waals surface area (Å²) in [7, 11) is -3.97. The summed E-state index contributed by atoms with van der Waals surface area (Å²) >= 11 is 0. The summed E-state index contributed by atoms with van der Waals surface area (Å²) in [6.07, 6.45) is -1.26. The van der Waals surface area contributed by atoms with E-state index in [-0.39, 0.29) is 11.3 Å². The molecule has 0 saturated carbocycles. The third-order valence-electron chi connectivity index (χ3n) is 4.21. The molecule has 5 nitrogen and oxygen atoms in total. The van der Waals surface area contributed by atoms with Crippen LogP contribution in [-0.4, -0.2) is 26.8 Å². The van der Waals surface area contributed by atoms with Crippen molar-refractivity contribution < 1.29 is 30.7 Å². The van der Waals surface area contributed by atoms with Crippen LogP contribution in [0.15, 0.2) is 35.2 Å². The van der Waals surface area contributed by atoms with Crippen LogP contribution in [0.3, 0.4) is 0 Å². The lowest BCUT2D eigenvalue weighted by Crippen LogP contribution is -2.31. The van der Waals surface area contributed by atoms with Crippen molar-refractivity contribution >= 4 is 16.1 Å². The van der Waals surface area contributed by atoms with E-state index in [4.69, 9.17) is 15.9 Å². The average molecular weight is 402 g/mol. The number of benzene rings is 2. The Balaban J connectivity index is 2.20. The molecule has 0 saturated heterocycles. The second-order valence-electron chi connectivity index (χ2n) is 6.14. The summed E-state index contributed by atoms with van der Waals surface area (Å²) in [6, 6.07) is 3.04. The number of sulfone groups is 1. The largest absolute Gasteiger partial charge is 0.457 e. The van der Waals surface area contributed by atoms with Gasteiger partial charge in [0.2, 0.25) is 0 Å². The smallest absolute Gasteiger partial charge is 0.301 e. The summed E-state index contributed by atoms with van der Waals surface area (Å²) < 4.78 is 85.6. The van der Waals surface area contributed by atoms with Crippen molar-refractivity contribution in [1.29, 1.82) is 5.41 Å². The summed E-state index contributed by atoms with van der Waals surface area (Å²) in [5, 5.41) is 7.16. The lowest BCUT2D eigenvalue weighted by molar-refractivity contribution is -0.0813. The number of fused-ring (bicyclic) bond motifs is 1. The molecule has 0 aromatic heterocycles. The van der Waals surface area contributed by atoms with Gasteiger partial charge in [0.1, 0.15) is 17.3 Å². The quantitative estimate of drug-likeness (QED) is 0.603. The number of hydrogen-bond acceptors (Lipinski definition) is 5. The van der Waals surface area contributed by atoms with E-state index in [0.717, 1.165) is 36.7 Å². The Hall–Kier alpha value is -2.46. The van der Waals surface area contributed by atoms with E-state index in [1.54, 1.807) is 0 Å². The molecule has 10 heteroatoms. The SMILES string of the molecule is CS(=O)(=O)c1ccc(Oc2cc(F)cc(C=N)c2)c2c1C(N)C(F)(F)C2F. The molecule has 1 aliphatic carbocycles. The van der Waals surface area contributed by atoms with Gasteiger partial charge in [-0.2, -0.15) is 0 Å². The highest BCUT2D eigenvalue weighted by molar-refractivity contribution is 7.90. The molecular weight excluding hydrogens is 388 g/mol. The van der Waals surface area contributed by atoms with Crippen LogP contribution in [0.2, 0.25) is 0 Å². The Bertz CT molecular complexity index is 1040. The Morgan fingerprint density at radius 1 is 1.22 bits per heavy atom. The van der Waals surface area contributed by atoms with Crippen molar-refractivity contribution in [3.05, 3.63) is 52.8 Å². The summed E-state index contributed by atoms with van der Waals surface area (Å²) in [5.74, 6) is -5.37. The third-order valence-corrected chi connectivity index (χ3v) is 5.37. The van der Waals surface area contributed by atoms with Gasteiger partial charge in [-0.15, -0.1) is 0 Å². The first-order valence-electron chi connectivity index (χ1n) is 7.60. The highest BCUT2D eigenvalue weighted by atomic mass is 32.2. The lowest BCUT2D eigenvalue weighted by atomic mass is 10.1. The topological polar surface area (TPSA) is 93.2 Å². The Labute approximate surface area is 152 Å². The normalized spacial score (nSPS) is 21.0. The molecule has 2 atom stereocenters. The van der Waals surface area contributed by atoms with Crippen LogP contribution in [0, 0.1) is 11.2 Å². The van der Waals surface area contributed by atoms with Crippen LogP contribution >= 0.6 is 0 Å². The Morgan fingerprint density at radius 2 is 1.89 bits per heavy atom. The fraction of sp³-hybridized carbons (Fsp3) is 0.235. The summed E-state index contributed by atoms with van der Waals surface area (Å²) in [6.45, 7) is 0. The van der Waals surface area contributed by atoms with Crippen molar-refractivity contribution in [3.63, 3.8) is 0 Å². The highest BCUT2D eigenvalue weighted by Gasteiger charge is 2.57. The van der Waals surface area contributed by atoms with E-state index in [9.17, 15) is 26.0 Å². The maximum Gasteiger partial charge on any atom is 0.301 e. The van der Waals surface area contributed by atoms with Gasteiger partial charge in [0.25, 0.3) is 0 Å². The number of ether oxygens (including phenoxy) is 1. The molecule has 0 radical (unpaired) electrons. The number of halogens is 4. The minimum atomic E-state index is -4.04. The number of nitrogens with two attached hydrogens (primary N) is 1. The van der Waals surface area contributed by atoms with E-state index in [2.05, 4.69) is 0 Å². The molecule has 0 fully saturated rings. The first kappa shape index (κ1) is 19.3. The summed E-state index contributed by atoms with van der Waals surface area (Å²) in [4.78, 5) is -0.517. The van der Waals surface area contributed by atoms with Gasteiger partial charge in [0.05, 0.1) is 10.9 Å². The third kappa shape index (κ3) is 3.19. The Morgan fingerprint density at radius 3 is 2.48 bits per heavy atom. The average Bonchev–Trinajstić information content (AvgIpc) is 2.75. The van der Waals surface area contributed by atoms with Gasteiger partial charge in [-0.25, -0.2) is 26.0 Å². The van der Waals surface area contributed by atoms with Crippen LogP contribution < -0.4 is 10.5 Å². The number of rotatable bonds is 4. The predicted octanol–water partition coefficient (Wildman–Crippen LogP) is 3.68. The molecule has 0 amide bonds. The molecule has 2 aromatic rings. The van der Waals surface area contributed by atoms with E-state index in [1.807, 2.05) is 0 Å². The molecule has 3 rings (SSSR count). The van der Waals surface area contributed by atoms with Crippen molar-refractivity contribution in [2.75, 3.05) is 6.26 Å². The lowest BCUT2D eigenvalue weighted by Gasteiger charge is -2.17. The van der Waals surface area contributed by atoms with Gasteiger partial charge in [-0.1, -0.05) is 0 Å². The minimum absolute atomic E-state index is 0.133. The van der Waals surface area contributed by atoms with Gasteiger partial charge in [0.15, 0.2) is 16.0 Å². The van der Waals surface area contributed by atoms with Crippen LogP contribution in [0.25, 0.3) is 0 Å². The molecule has 0 spiro atoms. The monoisotopic (exact) mass is 402 g/mol. The predicted molar refractivity (Wildman–Crippen MR) is 89.6 cm³/mol. The molecule has 0 heterocycles. The Kier molecular flexibility index (Phi) is 4.51. The van der Waals surface area contributed by atoms with Gasteiger partial charge in [-0.05, 0) is 29.8 Å². The minimum Gasteiger partial charge on any atom is -0.457 e. The molecule has 0 aliphatic heterocycles. The van der Waals surface area contributed by atoms with Crippen LogP contribution in [0.4, 0.5) is 17.6 Å². The van der Waals surface area contributed by atoms with E-state index in [0.29, 0.717) is 0 Å². The number of nitrogens with one attached hydrogen (secondary N) is 1. The zero-order chi connectivity index (χ0) is 20.1. The van der Waals surface area contributed by atoms with Crippen LogP contribution in [0.1, 0.15) is 28.9 Å². The molecule has 1 aliphatic rings. The van der Waals surface area contributed by atoms with Crippen molar-refractivity contribution in [2.45, 2.75) is 23.0 Å². The van der Waals surface area contributed by atoms with E-state index >= 15 is 0 Å². The van der Waals surface area contributed by atoms with E-state index < -0.39 is 55.6 Å². The number of alkyl halides is 3. The van der Waals surface area contributed by atoms with E-state index in [1.165, 1.54) is 6.07 Å². The van der Waals surface area contributed by atoms with Gasteiger partial charge in [0, 0.05) is 29.7 Å². The molecule has 3 N–H and O–H groups in total. The molecule has 0 bridgehead atoms. The molecule has 2 unspecified atom stereocenters. The maximum absolute atomic E-state index is 14.5. The second-order valence-corrected chi connectivity index (χ2v) is 8.13. The van der Waals surface area contributed by atoms with Crippen molar-refractivity contribution in [1.82, 2.24) is 0 Å². The fourth-order valence-electron chi connectivity index (χ4n) is 2.99. The second kappa shape index (κ2) is 6.31. The van der Waals surface area contributed by atoms with Crippen molar-refractivity contribution in [3.8, 4) is 11.5 Å². The highest BCUT2D eigenvalue weighted by Crippen LogP contribution is 2.56. The van der Waals surface area contributed by atoms with Crippen LogP contribution in [0.5, 0.6) is 11.5 Å². The van der Waals surface area contributed by atoms with Crippen molar-refractivity contribution in [2.24, 2.45) is 5.73 Å². The molecular formula is C17H14F4N2O3S. The van der Waals surface area contributed by atoms with Crippen LogP contribution in [-0.2, 0) is 9.84 Å². The zero-order valence-electron chi connectivity index (χ0n) is 13.8. The zero-order valence-corrected chi connectivity index (χ0v) is 14.7. The molecule has 144 valence electrons. The molecule has 27 heavy (non-hydrogen) atoms. The fourth-order valence-corrected chi connectivity index (χ4v) is 3.94. The maximum atomic E-state index is 14.5. The first-order valence-corrected chi connectivity index (χ1v) is 9.49. The molecule has 2 aromatic carbocycles. The summed E-state index contributed by atoms with van der Waals surface area (Å²) in [5.41, 5.74) is 4.33. The first-order chi connectivity index (χ1) is 12.5. The van der Waals surface area contributed by atoms with Gasteiger partial charge in [-0.3, -0.25) is 0 Å².